The van der Waals surface area contributed by atoms with Gasteiger partial charge in [-0.25, -0.2) is 9.67 Å². The van der Waals surface area contributed by atoms with E-state index >= 15 is 0 Å². The maximum absolute atomic E-state index is 12.3. The van der Waals surface area contributed by atoms with Crippen LogP contribution in [-0.2, 0) is 4.79 Å². The second kappa shape index (κ2) is 8.22. The van der Waals surface area contributed by atoms with Gasteiger partial charge in [0.2, 0.25) is 0 Å². The number of carbonyl (C=O) groups excluding carboxylic acids is 1. The van der Waals surface area contributed by atoms with E-state index in [-0.39, 0.29) is 18.6 Å². The molecule has 1 atom stereocenters. The number of aromatic nitrogens is 3. The average molecular weight is 385 g/mol. The molecule has 1 amide bonds. The smallest absolute Gasteiger partial charge is 0.258 e. The summed E-state index contributed by atoms with van der Waals surface area (Å²) in [5.74, 6) is 0.510. The lowest BCUT2D eigenvalue weighted by molar-refractivity contribution is -0.123. The van der Waals surface area contributed by atoms with E-state index in [9.17, 15) is 4.79 Å². The van der Waals surface area contributed by atoms with E-state index in [1.54, 1.807) is 11.0 Å². The molecule has 1 N–H and O–H groups in total. The van der Waals surface area contributed by atoms with E-state index in [0.717, 1.165) is 22.4 Å². The number of rotatable bonds is 6. The van der Waals surface area contributed by atoms with Crippen molar-refractivity contribution in [3.63, 3.8) is 0 Å². The van der Waals surface area contributed by atoms with Gasteiger partial charge in [-0.05, 0) is 61.7 Å². The van der Waals surface area contributed by atoms with Crippen LogP contribution >= 0.6 is 11.6 Å². The van der Waals surface area contributed by atoms with Crippen molar-refractivity contribution in [1.82, 2.24) is 20.1 Å². The Balaban J connectivity index is 1.58. The summed E-state index contributed by atoms with van der Waals surface area (Å²) in [7, 11) is 0. The fourth-order valence-corrected chi connectivity index (χ4v) is 3.21. The minimum atomic E-state index is -0.184. The van der Waals surface area contributed by atoms with Crippen molar-refractivity contribution in [1.29, 1.82) is 0 Å². The second-order valence-electron chi connectivity index (χ2n) is 6.38. The number of nitrogens with zero attached hydrogens (tertiary/aromatic N) is 3. The van der Waals surface area contributed by atoms with Crippen molar-refractivity contribution >= 4 is 17.5 Å². The Morgan fingerprint density at radius 2 is 1.89 bits per heavy atom. The van der Waals surface area contributed by atoms with E-state index in [1.165, 1.54) is 6.33 Å². The Morgan fingerprint density at radius 1 is 1.22 bits per heavy atom. The standard InChI is InChI=1S/C20H21ClN4O2/c1-13-8-17(21)9-14(2)20(13)27-10-19(26)24-15(3)16-4-6-18(7-5-16)25-12-22-11-23-25/h4-9,11-12,15H,10H2,1-3H3,(H,24,26). The summed E-state index contributed by atoms with van der Waals surface area (Å²) in [5, 5.41) is 7.70. The highest BCUT2D eigenvalue weighted by Gasteiger charge is 2.12. The molecule has 3 aromatic rings. The van der Waals surface area contributed by atoms with Gasteiger partial charge in [-0.1, -0.05) is 23.7 Å². The van der Waals surface area contributed by atoms with Crippen LogP contribution in [0.25, 0.3) is 5.69 Å². The van der Waals surface area contributed by atoms with Gasteiger partial charge in [0.05, 0.1) is 11.7 Å². The van der Waals surface area contributed by atoms with Crippen molar-refractivity contribution in [2.24, 2.45) is 0 Å². The zero-order chi connectivity index (χ0) is 19.4. The number of halogens is 1. The van der Waals surface area contributed by atoms with Crippen molar-refractivity contribution < 1.29 is 9.53 Å². The summed E-state index contributed by atoms with van der Waals surface area (Å²) in [6.45, 7) is 5.70. The third-order valence-corrected chi connectivity index (χ3v) is 4.44. The molecule has 27 heavy (non-hydrogen) atoms. The van der Waals surface area contributed by atoms with Gasteiger partial charge in [-0.3, -0.25) is 4.79 Å². The van der Waals surface area contributed by atoms with Gasteiger partial charge >= 0.3 is 0 Å². The number of hydrogen-bond acceptors (Lipinski definition) is 4. The zero-order valence-corrected chi connectivity index (χ0v) is 16.2. The molecule has 0 spiro atoms. The Labute approximate surface area is 163 Å². The molecule has 1 aromatic heterocycles. The quantitative estimate of drug-likeness (QED) is 0.702. The molecule has 0 aliphatic heterocycles. The molecule has 7 heteroatoms. The molecule has 2 aromatic carbocycles. The molecule has 0 fully saturated rings. The minimum absolute atomic E-state index is 0.0509. The highest BCUT2D eigenvalue weighted by molar-refractivity contribution is 6.30. The number of hydrogen-bond donors (Lipinski definition) is 1. The van der Waals surface area contributed by atoms with Crippen LogP contribution in [0.1, 0.15) is 29.7 Å². The van der Waals surface area contributed by atoms with E-state index in [0.29, 0.717) is 10.8 Å². The lowest BCUT2D eigenvalue weighted by atomic mass is 10.1. The molecule has 6 nitrogen and oxygen atoms in total. The largest absolute Gasteiger partial charge is 0.483 e. The molecule has 1 heterocycles. The number of ether oxygens (including phenoxy) is 1. The Bertz CT molecular complexity index is 901. The van der Waals surface area contributed by atoms with Crippen LogP contribution < -0.4 is 10.1 Å². The predicted octanol–water partition coefficient (Wildman–Crippen LogP) is 3.79. The summed E-state index contributed by atoms with van der Waals surface area (Å²) in [5.41, 5.74) is 3.71. The first kappa shape index (κ1) is 18.9. The highest BCUT2D eigenvalue weighted by Crippen LogP contribution is 2.27. The molecule has 0 radical (unpaired) electrons. The van der Waals surface area contributed by atoms with Gasteiger partial charge in [0.25, 0.3) is 5.91 Å². The van der Waals surface area contributed by atoms with Crippen molar-refractivity contribution in [2.75, 3.05) is 6.61 Å². The Hall–Kier alpha value is -2.86. The van der Waals surface area contributed by atoms with Crippen LogP contribution in [0, 0.1) is 13.8 Å². The van der Waals surface area contributed by atoms with Gasteiger partial charge in [-0.2, -0.15) is 5.10 Å². The fraction of sp³-hybridized carbons (Fsp3) is 0.250. The molecule has 0 aliphatic rings. The first-order valence-corrected chi connectivity index (χ1v) is 8.95. The van der Waals surface area contributed by atoms with Crippen LogP contribution in [0.2, 0.25) is 5.02 Å². The molecule has 1 unspecified atom stereocenters. The second-order valence-corrected chi connectivity index (χ2v) is 6.81. The third kappa shape index (κ3) is 4.65. The first-order chi connectivity index (χ1) is 12.9. The normalized spacial score (nSPS) is 11.9. The van der Waals surface area contributed by atoms with E-state index in [1.807, 2.05) is 57.2 Å². The highest BCUT2D eigenvalue weighted by atomic mass is 35.5. The predicted molar refractivity (Wildman–Crippen MR) is 104 cm³/mol. The summed E-state index contributed by atoms with van der Waals surface area (Å²) in [4.78, 5) is 16.2. The summed E-state index contributed by atoms with van der Waals surface area (Å²) in [6.07, 6.45) is 3.12. The van der Waals surface area contributed by atoms with E-state index in [2.05, 4.69) is 15.4 Å². The molecule has 0 bridgehead atoms. The van der Waals surface area contributed by atoms with Gasteiger partial charge in [0.15, 0.2) is 6.61 Å². The number of amides is 1. The maximum Gasteiger partial charge on any atom is 0.258 e. The van der Waals surface area contributed by atoms with Crippen molar-refractivity contribution in [2.45, 2.75) is 26.8 Å². The lowest BCUT2D eigenvalue weighted by Crippen LogP contribution is -2.31. The van der Waals surface area contributed by atoms with Gasteiger partial charge in [0, 0.05) is 5.02 Å². The minimum Gasteiger partial charge on any atom is -0.483 e. The molecular weight excluding hydrogens is 364 g/mol. The maximum atomic E-state index is 12.3. The average Bonchev–Trinajstić information content (AvgIpc) is 3.15. The Morgan fingerprint density at radius 3 is 2.48 bits per heavy atom. The molecule has 0 saturated carbocycles. The first-order valence-electron chi connectivity index (χ1n) is 8.58. The topological polar surface area (TPSA) is 69.0 Å². The number of carbonyl (C=O) groups is 1. The molecule has 3 rings (SSSR count). The van der Waals surface area contributed by atoms with E-state index in [4.69, 9.17) is 16.3 Å². The fourth-order valence-electron chi connectivity index (χ4n) is 2.89. The summed E-state index contributed by atoms with van der Waals surface area (Å²) >= 11 is 6.02. The Kier molecular flexibility index (Phi) is 5.76. The summed E-state index contributed by atoms with van der Waals surface area (Å²) in [6, 6.07) is 11.3. The molecule has 0 saturated heterocycles. The van der Waals surface area contributed by atoms with Crippen molar-refractivity contribution in [3.05, 3.63) is 70.8 Å². The van der Waals surface area contributed by atoms with Gasteiger partial charge < -0.3 is 10.1 Å². The van der Waals surface area contributed by atoms with Crippen LogP contribution in [-0.4, -0.2) is 27.3 Å². The molecular formula is C20H21ClN4O2. The van der Waals surface area contributed by atoms with Crippen molar-refractivity contribution in [3.8, 4) is 11.4 Å². The zero-order valence-electron chi connectivity index (χ0n) is 15.4. The van der Waals surface area contributed by atoms with Crippen LogP contribution in [0.3, 0.4) is 0 Å². The van der Waals surface area contributed by atoms with Gasteiger partial charge in [0.1, 0.15) is 18.4 Å². The van der Waals surface area contributed by atoms with Crippen LogP contribution in [0.5, 0.6) is 5.75 Å². The third-order valence-electron chi connectivity index (χ3n) is 4.23. The number of nitrogens with one attached hydrogen (secondary N) is 1. The SMILES string of the molecule is Cc1cc(Cl)cc(C)c1OCC(=O)NC(C)c1ccc(-n2cncn2)cc1. The van der Waals surface area contributed by atoms with Crippen LogP contribution in [0.15, 0.2) is 49.1 Å². The van der Waals surface area contributed by atoms with E-state index < -0.39 is 0 Å². The molecule has 140 valence electrons. The molecule has 0 aliphatic carbocycles. The summed E-state index contributed by atoms with van der Waals surface area (Å²) < 4.78 is 7.38. The number of benzene rings is 2. The lowest BCUT2D eigenvalue weighted by Gasteiger charge is -2.16. The van der Waals surface area contributed by atoms with Crippen LogP contribution in [0.4, 0.5) is 0 Å². The number of aryl methyl sites for hydroxylation is 2. The van der Waals surface area contributed by atoms with Gasteiger partial charge in [-0.15, -0.1) is 0 Å². The monoisotopic (exact) mass is 384 g/mol.